The van der Waals surface area contributed by atoms with Crippen molar-refractivity contribution in [2.45, 2.75) is 51.1 Å². The number of carbonyl (C=O) groups is 1. The molecule has 140 valence electrons. The monoisotopic (exact) mass is 362 g/mol. The van der Waals surface area contributed by atoms with Gasteiger partial charge in [-0.2, -0.15) is 0 Å². The minimum atomic E-state index is -0.150. The molecule has 27 heavy (non-hydrogen) atoms. The Morgan fingerprint density at radius 1 is 1.04 bits per heavy atom. The fourth-order valence-corrected chi connectivity index (χ4v) is 4.18. The van der Waals surface area contributed by atoms with E-state index in [0.717, 1.165) is 35.2 Å². The molecule has 0 saturated heterocycles. The molecule has 2 N–H and O–H groups in total. The third-order valence-electron chi connectivity index (χ3n) is 5.67. The first-order chi connectivity index (χ1) is 13.1. The molecule has 4 nitrogen and oxygen atoms in total. The summed E-state index contributed by atoms with van der Waals surface area (Å²) in [7, 11) is 0. The third-order valence-corrected chi connectivity index (χ3v) is 5.67. The summed E-state index contributed by atoms with van der Waals surface area (Å²) in [5.41, 5.74) is 3.82. The van der Waals surface area contributed by atoms with Crippen molar-refractivity contribution in [1.29, 1.82) is 0 Å². The molecule has 4 heteroatoms. The molecule has 2 aromatic rings. The second-order valence-corrected chi connectivity index (χ2v) is 7.55. The molecule has 0 aromatic heterocycles. The highest BCUT2D eigenvalue weighted by atomic mass is 16.3. The van der Waals surface area contributed by atoms with Crippen molar-refractivity contribution in [3.8, 4) is 5.75 Å². The fourth-order valence-electron chi connectivity index (χ4n) is 4.18. The lowest BCUT2D eigenvalue weighted by molar-refractivity contribution is 0.184. The Morgan fingerprint density at radius 3 is 2.48 bits per heavy atom. The van der Waals surface area contributed by atoms with Crippen molar-refractivity contribution in [3.05, 3.63) is 71.3 Å². The SMILES string of the molecule is Cc1cc(C2=CC(c3ccccc3)NC(=O)N2C2CCCCC2)ccc1O. The summed E-state index contributed by atoms with van der Waals surface area (Å²) < 4.78 is 0. The number of aryl methyl sites for hydroxylation is 1. The number of aromatic hydroxyl groups is 1. The molecule has 1 aliphatic carbocycles. The van der Waals surface area contributed by atoms with Crippen LogP contribution >= 0.6 is 0 Å². The Morgan fingerprint density at radius 2 is 1.78 bits per heavy atom. The maximum atomic E-state index is 13.1. The van der Waals surface area contributed by atoms with Gasteiger partial charge in [-0.1, -0.05) is 49.6 Å². The van der Waals surface area contributed by atoms with Gasteiger partial charge in [0.05, 0.1) is 11.7 Å². The topological polar surface area (TPSA) is 52.6 Å². The Kier molecular flexibility index (Phi) is 4.88. The van der Waals surface area contributed by atoms with Gasteiger partial charge in [-0.05, 0) is 60.7 Å². The molecule has 2 amide bonds. The molecule has 2 aliphatic rings. The van der Waals surface area contributed by atoms with Crippen LogP contribution in [0.4, 0.5) is 4.79 Å². The van der Waals surface area contributed by atoms with E-state index in [1.807, 2.05) is 54.3 Å². The normalized spacial score (nSPS) is 20.9. The van der Waals surface area contributed by atoms with E-state index in [2.05, 4.69) is 11.4 Å². The number of phenolic OH excluding ortho intramolecular Hbond substituents is 1. The van der Waals surface area contributed by atoms with Gasteiger partial charge in [0.15, 0.2) is 0 Å². The molecule has 1 atom stereocenters. The molecule has 0 bridgehead atoms. The average molecular weight is 362 g/mol. The lowest BCUT2D eigenvalue weighted by atomic mass is 9.91. The van der Waals surface area contributed by atoms with Crippen LogP contribution in [0.15, 0.2) is 54.6 Å². The lowest BCUT2D eigenvalue weighted by Crippen LogP contribution is -2.49. The minimum Gasteiger partial charge on any atom is -0.508 e. The zero-order valence-electron chi connectivity index (χ0n) is 15.7. The van der Waals surface area contributed by atoms with Gasteiger partial charge in [0, 0.05) is 6.04 Å². The summed E-state index contributed by atoms with van der Waals surface area (Å²) in [5.74, 6) is 0.281. The van der Waals surface area contributed by atoms with Gasteiger partial charge in [0.2, 0.25) is 0 Å². The number of nitrogens with one attached hydrogen (secondary N) is 1. The second kappa shape index (κ2) is 7.47. The number of nitrogens with zero attached hydrogens (tertiary/aromatic N) is 1. The zero-order chi connectivity index (χ0) is 18.8. The van der Waals surface area contributed by atoms with Crippen LogP contribution in [0.2, 0.25) is 0 Å². The molecule has 1 unspecified atom stereocenters. The summed E-state index contributed by atoms with van der Waals surface area (Å²) in [4.78, 5) is 15.1. The Labute approximate surface area is 160 Å². The molecule has 1 saturated carbocycles. The van der Waals surface area contributed by atoms with E-state index in [1.54, 1.807) is 6.07 Å². The standard InChI is InChI=1S/C23H26N2O2/c1-16-14-18(12-13-22(16)26)21-15-20(17-8-4-2-5-9-17)24-23(27)25(21)19-10-6-3-7-11-19/h2,4-5,8-9,12-15,19-20,26H,3,6-7,10-11H2,1H3,(H,24,27). The van der Waals surface area contributed by atoms with Crippen molar-refractivity contribution in [2.24, 2.45) is 0 Å². The van der Waals surface area contributed by atoms with Crippen LogP contribution in [0.1, 0.15) is 54.8 Å². The maximum Gasteiger partial charge on any atom is 0.322 e. The number of benzene rings is 2. The van der Waals surface area contributed by atoms with Gasteiger partial charge in [-0.25, -0.2) is 4.79 Å². The Balaban J connectivity index is 1.78. The van der Waals surface area contributed by atoms with Crippen LogP contribution in [0.25, 0.3) is 5.70 Å². The maximum absolute atomic E-state index is 13.1. The quantitative estimate of drug-likeness (QED) is 0.794. The highest BCUT2D eigenvalue weighted by molar-refractivity contribution is 5.89. The van der Waals surface area contributed by atoms with Gasteiger partial charge in [0.25, 0.3) is 0 Å². The fraction of sp³-hybridized carbons (Fsp3) is 0.348. The van der Waals surface area contributed by atoms with Crippen LogP contribution in [-0.2, 0) is 0 Å². The molecule has 1 fully saturated rings. The predicted molar refractivity (Wildman–Crippen MR) is 107 cm³/mol. The van der Waals surface area contributed by atoms with E-state index in [1.165, 1.54) is 19.3 Å². The number of urea groups is 1. The van der Waals surface area contributed by atoms with E-state index >= 15 is 0 Å². The van der Waals surface area contributed by atoms with Crippen LogP contribution < -0.4 is 5.32 Å². The molecule has 4 rings (SSSR count). The molecule has 1 aliphatic heterocycles. The molecule has 2 aromatic carbocycles. The highest BCUT2D eigenvalue weighted by Crippen LogP contribution is 2.36. The number of amides is 2. The minimum absolute atomic E-state index is 0.0287. The summed E-state index contributed by atoms with van der Waals surface area (Å²) in [5, 5.41) is 13.1. The lowest BCUT2D eigenvalue weighted by Gasteiger charge is -2.40. The largest absolute Gasteiger partial charge is 0.508 e. The van der Waals surface area contributed by atoms with Crippen molar-refractivity contribution in [2.75, 3.05) is 0 Å². The van der Waals surface area contributed by atoms with Gasteiger partial charge in [-0.3, -0.25) is 4.90 Å². The number of carbonyl (C=O) groups excluding carboxylic acids is 1. The van der Waals surface area contributed by atoms with E-state index in [9.17, 15) is 9.90 Å². The smallest absolute Gasteiger partial charge is 0.322 e. The second-order valence-electron chi connectivity index (χ2n) is 7.55. The van der Waals surface area contributed by atoms with Crippen LogP contribution in [0, 0.1) is 6.92 Å². The average Bonchev–Trinajstić information content (AvgIpc) is 2.71. The summed E-state index contributed by atoms with van der Waals surface area (Å²) in [6.45, 7) is 1.89. The first-order valence-corrected chi connectivity index (χ1v) is 9.80. The van der Waals surface area contributed by atoms with E-state index in [4.69, 9.17) is 0 Å². The first-order valence-electron chi connectivity index (χ1n) is 9.80. The van der Waals surface area contributed by atoms with E-state index < -0.39 is 0 Å². The van der Waals surface area contributed by atoms with Crippen molar-refractivity contribution < 1.29 is 9.90 Å². The van der Waals surface area contributed by atoms with Gasteiger partial charge >= 0.3 is 6.03 Å². The summed E-state index contributed by atoms with van der Waals surface area (Å²) in [6.07, 6.45) is 7.81. The van der Waals surface area contributed by atoms with Gasteiger partial charge in [0.1, 0.15) is 5.75 Å². The van der Waals surface area contributed by atoms with Crippen molar-refractivity contribution in [3.63, 3.8) is 0 Å². The summed E-state index contributed by atoms with van der Waals surface area (Å²) in [6, 6.07) is 15.7. The first kappa shape index (κ1) is 17.7. The Hall–Kier alpha value is -2.75. The number of hydrogen-bond donors (Lipinski definition) is 2. The van der Waals surface area contributed by atoms with E-state index in [-0.39, 0.29) is 23.9 Å². The predicted octanol–water partition coefficient (Wildman–Crippen LogP) is 5.14. The van der Waals surface area contributed by atoms with Crippen LogP contribution in [0.5, 0.6) is 5.75 Å². The number of rotatable bonds is 3. The summed E-state index contributed by atoms with van der Waals surface area (Å²) >= 11 is 0. The van der Waals surface area contributed by atoms with Crippen molar-refractivity contribution in [1.82, 2.24) is 10.2 Å². The van der Waals surface area contributed by atoms with Crippen LogP contribution in [0.3, 0.4) is 0 Å². The molecular weight excluding hydrogens is 336 g/mol. The van der Waals surface area contributed by atoms with Crippen molar-refractivity contribution >= 4 is 11.7 Å². The van der Waals surface area contributed by atoms with Crippen LogP contribution in [-0.4, -0.2) is 22.1 Å². The molecule has 0 radical (unpaired) electrons. The molecule has 1 heterocycles. The zero-order valence-corrected chi connectivity index (χ0v) is 15.7. The highest BCUT2D eigenvalue weighted by Gasteiger charge is 2.34. The van der Waals surface area contributed by atoms with Gasteiger partial charge in [-0.15, -0.1) is 0 Å². The molecular formula is C23H26N2O2. The number of hydrogen-bond acceptors (Lipinski definition) is 2. The van der Waals surface area contributed by atoms with E-state index in [0.29, 0.717) is 0 Å². The molecule has 0 spiro atoms. The Bertz CT molecular complexity index is 854. The number of phenols is 1. The van der Waals surface area contributed by atoms with Gasteiger partial charge < -0.3 is 10.4 Å². The third kappa shape index (κ3) is 3.57.